The summed E-state index contributed by atoms with van der Waals surface area (Å²) >= 11 is 0. The van der Waals surface area contributed by atoms with E-state index >= 15 is 0 Å². The lowest BCUT2D eigenvalue weighted by Gasteiger charge is -2.41. The molecule has 4 aromatic carbocycles. The number of pyridine rings is 1. The van der Waals surface area contributed by atoms with Gasteiger partial charge in [-0.25, -0.2) is 4.99 Å². The number of amides is 2. The number of rotatable bonds is 12. The Balaban J connectivity index is 1.08. The van der Waals surface area contributed by atoms with Crippen LogP contribution in [0.2, 0.25) is 0 Å². The normalized spacial score (nSPS) is 22.1. The standard InChI is InChI=1S/C46H48N8O2/c1-52-41(55)45(27-26-33-13-5-2-6-14-33,30-35-15-11-20-38(29-35)50-39-21-12-28-49-31-39)54(44(52)48)40-24-22-34(23-25-40)32-53-42(56)46(51-43(53)47,36-16-7-3-8-17-36)37-18-9-4-10-19-37/h2-10,12-14,16-19,21-25,28,31,35,38,48,50H,11,15,20,26-27,29-30,32H2,1H3,(H2,47,51)/t35-,38-,45?/m0/s1. The van der Waals surface area contributed by atoms with E-state index in [0.717, 1.165) is 59.3 Å². The summed E-state index contributed by atoms with van der Waals surface area (Å²) in [5, 5.41) is 13.0. The van der Waals surface area contributed by atoms with Gasteiger partial charge in [-0.1, -0.05) is 116 Å². The Kier molecular flexibility index (Phi) is 10.1. The molecule has 0 radical (unpaired) electrons. The molecule has 2 fully saturated rings. The van der Waals surface area contributed by atoms with E-state index in [1.807, 2.05) is 126 Å². The maximum absolute atomic E-state index is 14.6. The fourth-order valence-electron chi connectivity index (χ4n) is 9.06. The molecule has 3 heterocycles. The molecule has 56 heavy (non-hydrogen) atoms. The second kappa shape index (κ2) is 15.5. The van der Waals surface area contributed by atoms with Crippen molar-refractivity contribution in [1.82, 2.24) is 14.8 Å². The molecule has 10 heteroatoms. The van der Waals surface area contributed by atoms with Gasteiger partial charge in [0.05, 0.1) is 12.2 Å². The first-order valence-corrected chi connectivity index (χ1v) is 19.5. The molecule has 0 spiro atoms. The smallest absolute Gasteiger partial charge is 0.266 e. The highest BCUT2D eigenvalue weighted by Crippen LogP contribution is 2.44. The molecule has 4 N–H and O–H groups in total. The average Bonchev–Trinajstić information content (AvgIpc) is 3.59. The maximum atomic E-state index is 14.6. The first-order chi connectivity index (χ1) is 27.3. The Hall–Kier alpha value is -6.29. The number of benzene rings is 4. The third-order valence-electron chi connectivity index (χ3n) is 11.8. The van der Waals surface area contributed by atoms with E-state index in [4.69, 9.17) is 10.7 Å². The highest BCUT2D eigenvalue weighted by molar-refractivity contribution is 6.17. The molecule has 1 aliphatic carbocycles. The van der Waals surface area contributed by atoms with Crippen molar-refractivity contribution in [2.24, 2.45) is 16.6 Å². The molecular formula is C46H48N8O2. The van der Waals surface area contributed by atoms with Crippen molar-refractivity contribution in [2.45, 2.75) is 68.6 Å². The summed E-state index contributed by atoms with van der Waals surface area (Å²) in [5.41, 5.74) is 9.63. The first kappa shape index (κ1) is 36.7. The molecule has 8 rings (SSSR count). The van der Waals surface area contributed by atoms with Crippen molar-refractivity contribution < 1.29 is 9.59 Å². The summed E-state index contributed by atoms with van der Waals surface area (Å²) in [6.07, 6.45) is 9.61. The van der Waals surface area contributed by atoms with Crippen molar-refractivity contribution in [3.8, 4) is 0 Å². The third kappa shape index (κ3) is 6.80. The van der Waals surface area contributed by atoms with Gasteiger partial charge in [-0.15, -0.1) is 0 Å². The molecule has 284 valence electrons. The topological polar surface area (TPSA) is 131 Å². The zero-order chi connectivity index (χ0) is 38.7. The maximum Gasteiger partial charge on any atom is 0.266 e. The molecule has 3 aliphatic rings. The number of nitrogens with one attached hydrogen (secondary N) is 2. The zero-order valence-corrected chi connectivity index (χ0v) is 31.7. The van der Waals surface area contributed by atoms with Gasteiger partial charge in [-0.05, 0) is 84.5 Å². The summed E-state index contributed by atoms with van der Waals surface area (Å²) in [6, 6.07) is 41.5. The van der Waals surface area contributed by atoms with Gasteiger partial charge in [0.2, 0.25) is 5.96 Å². The Morgan fingerprint density at radius 3 is 2.11 bits per heavy atom. The lowest BCUT2D eigenvalue weighted by atomic mass is 9.74. The molecule has 10 nitrogen and oxygen atoms in total. The fourth-order valence-corrected chi connectivity index (χ4v) is 9.06. The van der Waals surface area contributed by atoms with Gasteiger partial charge in [-0.2, -0.15) is 0 Å². The van der Waals surface area contributed by atoms with Crippen LogP contribution in [0.3, 0.4) is 0 Å². The summed E-state index contributed by atoms with van der Waals surface area (Å²) < 4.78 is 0. The van der Waals surface area contributed by atoms with E-state index in [1.54, 1.807) is 18.1 Å². The van der Waals surface area contributed by atoms with Crippen LogP contribution in [0.1, 0.15) is 60.8 Å². The number of likely N-dealkylation sites (N-methyl/N-ethyl adjacent to an activating group) is 1. The minimum Gasteiger partial charge on any atom is -0.381 e. The zero-order valence-electron chi connectivity index (χ0n) is 31.7. The first-order valence-electron chi connectivity index (χ1n) is 19.5. The number of carbonyl (C=O) groups excluding carboxylic acids is 2. The fraction of sp³-hybridized carbons (Fsp3) is 0.283. The minimum absolute atomic E-state index is 0.0466. The second-order valence-electron chi connectivity index (χ2n) is 15.3. The quantitative estimate of drug-likeness (QED) is 0.123. The Morgan fingerprint density at radius 2 is 1.46 bits per heavy atom. The molecule has 2 aliphatic heterocycles. The number of nitrogens with two attached hydrogens (primary N) is 1. The molecule has 3 atom stereocenters. The van der Waals surface area contributed by atoms with Crippen LogP contribution in [-0.2, 0) is 28.1 Å². The van der Waals surface area contributed by atoms with Gasteiger partial charge < -0.3 is 11.1 Å². The van der Waals surface area contributed by atoms with Gasteiger partial charge in [0.1, 0.15) is 5.54 Å². The number of carbonyl (C=O) groups is 2. The van der Waals surface area contributed by atoms with E-state index in [9.17, 15) is 15.0 Å². The minimum atomic E-state index is -1.29. The van der Waals surface area contributed by atoms with Crippen LogP contribution in [0, 0.1) is 11.3 Å². The van der Waals surface area contributed by atoms with E-state index in [-0.39, 0.29) is 42.2 Å². The molecular weight excluding hydrogens is 697 g/mol. The number of nitrogens with zero attached hydrogens (tertiary/aromatic N) is 5. The molecule has 1 unspecified atom stereocenters. The molecule has 1 saturated carbocycles. The van der Waals surface area contributed by atoms with Gasteiger partial charge in [0, 0.05) is 31.2 Å². The van der Waals surface area contributed by atoms with Crippen molar-refractivity contribution in [3.63, 3.8) is 0 Å². The van der Waals surface area contributed by atoms with Crippen molar-refractivity contribution >= 4 is 35.1 Å². The van der Waals surface area contributed by atoms with E-state index in [2.05, 4.69) is 22.4 Å². The highest BCUT2D eigenvalue weighted by Gasteiger charge is 2.56. The largest absolute Gasteiger partial charge is 0.381 e. The van der Waals surface area contributed by atoms with Crippen LogP contribution in [0.15, 0.2) is 145 Å². The number of hydrogen-bond acceptors (Lipinski definition) is 7. The van der Waals surface area contributed by atoms with Crippen LogP contribution in [0.4, 0.5) is 11.4 Å². The lowest BCUT2D eigenvalue weighted by Crippen LogP contribution is -2.52. The van der Waals surface area contributed by atoms with Crippen LogP contribution in [0.5, 0.6) is 0 Å². The van der Waals surface area contributed by atoms with Crippen LogP contribution in [0.25, 0.3) is 0 Å². The molecule has 1 aromatic heterocycles. The monoisotopic (exact) mass is 744 g/mol. The van der Waals surface area contributed by atoms with Crippen molar-refractivity contribution in [3.05, 3.63) is 162 Å². The number of aryl methyl sites for hydroxylation is 1. The van der Waals surface area contributed by atoms with Gasteiger partial charge in [0.25, 0.3) is 11.8 Å². The van der Waals surface area contributed by atoms with Crippen LogP contribution in [-0.4, -0.2) is 57.1 Å². The molecule has 0 bridgehead atoms. The Morgan fingerprint density at radius 1 is 0.804 bits per heavy atom. The van der Waals surface area contributed by atoms with Crippen molar-refractivity contribution in [2.75, 3.05) is 17.3 Å². The van der Waals surface area contributed by atoms with E-state index in [1.165, 1.54) is 4.90 Å². The number of aliphatic imine (C=N–C) groups is 1. The Bertz CT molecular complexity index is 2160. The van der Waals surface area contributed by atoms with Crippen LogP contribution >= 0.6 is 0 Å². The highest BCUT2D eigenvalue weighted by atomic mass is 16.2. The van der Waals surface area contributed by atoms with E-state index in [0.29, 0.717) is 19.3 Å². The van der Waals surface area contributed by atoms with Gasteiger partial charge >= 0.3 is 0 Å². The predicted molar refractivity (Wildman–Crippen MR) is 221 cm³/mol. The lowest BCUT2D eigenvalue weighted by molar-refractivity contribution is -0.131. The average molecular weight is 745 g/mol. The van der Waals surface area contributed by atoms with Crippen LogP contribution < -0.4 is 16.0 Å². The second-order valence-corrected chi connectivity index (χ2v) is 15.3. The van der Waals surface area contributed by atoms with E-state index < -0.39 is 11.1 Å². The predicted octanol–water partition coefficient (Wildman–Crippen LogP) is 7.33. The van der Waals surface area contributed by atoms with Gasteiger partial charge in [0.15, 0.2) is 11.5 Å². The Labute approximate surface area is 328 Å². The number of hydrogen-bond donors (Lipinski definition) is 3. The number of aromatic nitrogens is 1. The number of anilines is 2. The number of guanidine groups is 2. The SMILES string of the molecule is CN1C(=N)N(c2ccc(CN3C(=O)C(c4ccccc4)(c4ccccc4)N=C3N)cc2)C(CCc2ccccc2)(C[C@H]2CCC[C@H](Nc3cccnc3)C2)C1=O. The van der Waals surface area contributed by atoms with Gasteiger partial charge in [-0.3, -0.25) is 34.7 Å². The summed E-state index contributed by atoms with van der Waals surface area (Å²) in [4.78, 5) is 43.2. The molecule has 5 aromatic rings. The summed E-state index contributed by atoms with van der Waals surface area (Å²) in [6.45, 7) is 0.221. The summed E-state index contributed by atoms with van der Waals surface area (Å²) in [7, 11) is 1.72. The third-order valence-corrected chi connectivity index (χ3v) is 11.8. The molecule has 1 saturated heterocycles. The molecule has 2 amide bonds. The van der Waals surface area contributed by atoms with Crippen molar-refractivity contribution in [1.29, 1.82) is 5.41 Å². The summed E-state index contributed by atoms with van der Waals surface area (Å²) in [5.74, 6) is 0.336.